The van der Waals surface area contributed by atoms with Gasteiger partial charge in [0.15, 0.2) is 0 Å². The molecule has 0 radical (unpaired) electrons. The largest absolute Gasteiger partial charge is 0.465 e. The summed E-state index contributed by atoms with van der Waals surface area (Å²) in [5.74, 6) is -1.18. The van der Waals surface area contributed by atoms with Crippen LogP contribution >= 0.6 is 11.6 Å². The van der Waals surface area contributed by atoms with Crippen molar-refractivity contribution in [3.05, 3.63) is 58.6 Å². The van der Waals surface area contributed by atoms with Gasteiger partial charge in [-0.15, -0.1) is 0 Å². The van der Waals surface area contributed by atoms with Gasteiger partial charge in [0.05, 0.1) is 25.3 Å². The average molecular weight is 305 g/mol. The number of hydrogen-bond acceptors (Lipinski definition) is 4. The monoisotopic (exact) mass is 304 g/mol. The van der Waals surface area contributed by atoms with Gasteiger partial charge in [0.1, 0.15) is 0 Å². The highest BCUT2D eigenvalue weighted by Crippen LogP contribution is 2.25. The van der Waals surface area contributed by atoms with Crippen LogP contribution < -0.4 is 0 Å². The van der Waals surface area contributed by atoms with Crippen LogP contribution in [0.3, 0.4) is 0 Å². The van der Waals surface area contributed by atoms with Crippen molar-refractivity contribution < 1.29 is 19.1 Å². The predicted molar refractivity (Wildman–Crippen MR) is 79.6 cm³/mol. The van der Waals surface area contributed by atoms with Gasteiger partial charge in [0.25, 0.3) is 0 Å². The van der Waals surface area contributed by atoms with E-state index in [-0.39, 0.29) is 11.1 Å². The molecule has 0 atom stereocenters. The molecule has 0 aliphatic rings. The molecule has 0 aliphatic carbocycles. The number of ether oxygens (including phenoxy) is 2. The molecule has 0 heterocycles. The maximum atomic E-state index is 11.8. The first-order chi connectivity index (χ1) is 10.1. The molecular weight excluding hydrogens is 292 g/mol. The van der Waals surface area contributed by atoms with Crippen LogP contribution in [0, 0.1) is 0 Å². The first-order valence-electron chi connectivity index (χ1n) is 6.13. The topological polar surface area (TPSA) is 52.6 Å². The Morgan fingerprint density at radius 3 is 1.90 bits per heavy atom. The molecule has 0 fully saturated rings. The van der Waals surface area contributed by atoms with Gasteiger partial charge in [-0.25, -0.2) is 9.59 Å². The molecule has 0 aliphatic heterocycles. The molecule has 0 N–H and O–H groups in total. The predicted octanol–water partition coefficient (Wildman–Crippen LogP) is 3.58. The smallest absolute Gasteiger partial charge is 0.338 e. The van der Waals surface area contributed by atoms with E-state index in [4.69, 9.17) is 16.3 Å². The Labute approximate surface area is 127 Å². The number of carbonyl (C=O) groups is 2. The molecular formula is C16H13ClO4. The highest BCUT2D eigenvalue weighted by Gasteiger charge is 2.19. The van der Waals surface area contributed by atoms with Crippen molar-refractivity contribution >= 4 is 23.5 Å². The second-order valence-electron chi connectivity index (χ2n) is 4.25. The molecule has 5 heteroatoms. The Kier molecular flexibility index (Phi) is 4.60. The Bertz CT molecular complexity index is 677. The first-order valence-corrected chi connectivity index (χ1v) is 6.51. The molecule has 0 bridgehead atoms. The van der Waals surface area contributed by atoms with Gasteiger partial charge in [-0.3, -0.25) is 0 Å². The minimum Gasteiger partial charge on any atom is -0.465 e. The quantitative estimate of drug-likeness (QED) is 0.813. The van der Waals surface area contributed by atoms with E-state index in [1.54, 1.807) is 30.3 Å². The number of benzene rings is 2. The van der Waals surface area contributed by atoms with Gasteiger partial charge >= 0.3 is 11.9 Å². The zero-order chi connectivity index (χ0) is 15.4. The van der Waals surface area contributed by atoms with E-state index >= 15 is 0 Å². The molecule has 21 heavy (non-hydrogen) atoms. The van der Waals surface area contributed by atoms with Gasteiger partial charge < -0.3 is 9.47 Å². The van der Waals surface area contributed by atoms with E-state index < -0.39 is 11.9 Å². The maximum Gasteiger partial charge on any atom is 0.338 e. The van der Waals surface area contributed by atoms with E-state index in [9.17, 15) is 9.59 Å². The van der Waals surface area contributed by atoms with Gasteiger partial charge in [0.2, 0.25) is 0 Å². The van der Waals surface area contributed by atoms with Crippen molar-refractivity contribution in [3.63, 3.8) is 0 Å². The van der Waals surface area contributed by atoms with Crippen LogP contribution in [0.25, 0.3) is 11.1 Å². The van der Waals surface area contributed by atoms with E-state index in [1.807, 2.05) is 12.1 Å². The Morgan fingerprint density at radius 2 is 1.33 bits per heavy atom. The zero-order valence-corrected chi connectivity index (χ0v) is 12.3. The van der Waals surface area contributed by atoms with E-state index in [0.717, 1.165) is 11.1 Å². The van der Waals surface area contributed by atoms with Gasteiger partial charge in [0, 0.05) is 5.02 Å². The normalized spacial score (nSPS) is 10.0. The first kappa shape index (κ1) is 15.1. The molecule has 2 aromatic carbocycles. The van der Waals surface area contributed by atoms with Gasteiger partial charge in [-0.05, 0) is 35.4 Å². The number of carbonyl (C=O) groups excluding carboxylic acids is 2. The fraction of sp³-hybridized carbons (Fsp3) is 0.125. The van der Waals surface area contributed by atoms with E-state index in [2.05, 4.69) is 4.74 Å². The summed E-state index contributed by atoms with van der Waals surface area (Å²) in [5, 5.41) is 0.623. The third kappa shape index (κ3) is 3.23. The standard InChI is InChI=1S/C16H13ClO4/c1-20-15(18)13-8-5-11(9-14(13)16(19)21-2)10-3-6-12(17)7-4-10/h3-9H,1-2H3. The lowest BCUT2D eigenvalue weighted by atomic mass is 9.99. The number of methoxy groups -OCH3 is 2. The summed E-state index contributed by atoms with van der Waals surface area (Å²) in [5.41, 5.74) is 1.99. The molecule has 0 saturated heterocycles. The number of rotatable bonds is 3. The summed E-state index contributed by atoms with van der Waals surface area (Å²) in [4.78, 5) is 23.5. The molecule has 2 rings (SSSR count). The summed E-state index contributed by atoms with van der Waals surface area (Å²) < 4.78 is 9.38. The van der Waals surface area contributed by atoms with Crippen molar-refractivity contribution in [1.82, 2.24) is 0 Å². The summed E-state index contributed by atoms with van der Waals surface area (Å²) >= 11 is 5.85. The van der Waals surface area contributed by atoms with Gasteiger partial charge in [-0.1, -0.05) is 29.8 Å². The Morgan fingerprint density at radius 1 is 0.810 bits per heavy atom. The lowest BCUT2D eigenvalue weighted by molar-refractivity contribution is 0.0555. The molecule has 0 spiro atoms. The highest BCUT2D eigenvalue weighted by molar-refractivity contribution is 6.30. The van der Waals surface area contributed by atoms with Crippen LogP contribution in [0.1, 0.15) is 20.7 Å². The minimum absolute atomic E-state index is 0.164. The third-order valence-electron chi connectivity index (χ3n) is 3.01. The highest BCUT2D eigenvalue weighted by atomic mass is 35.5. The molecule has 0 unspecified atom stereocenters. The van der Waals surface area contributed by atoms with Crippen LogP contribution in [0.5, 0.6) is 0 Å². The third-order valence-corrected chi connectivity index (χ3v) is 3.26. The van der Waals surface area contributed by atoms with Crippen molar-refractivity contribution in [2.24, 2.45) is 0 Å². The van der Waals surface area contributed by atoms with Crippen LogP contribution in [0.15, 0.2) is 42.5 Å². The molecule has 0 aromatic heterocycles. The summed E-state index contributed by atoms with van der Waals surface area (Å²) in [6.45, 7) is 0. The second kappa shape index (κ2) is 6.41. The van der Waals surface area contributed by atoms with Crippen molar-refractivity contribution in [3.8, 4) is 11.1 Å². The molecule has 0 saturated carbocycles. The summed E-state index contributed by atoms with van der Waals surface area (Å²) in [7, 11) is 2.52. The molecule has 0 amide bonds. The van der Waals surface area contributed by atoms with E-state index in [1.165, 1.54) is 14.2 Å². The number of hydrogen-bond donors (Lipinski definition) is 0. The lowest BCUT2D eigenvalue weighted by Gasteiger charge is -2.09. The van der Waals surface area contributed by atoms with Crippen molar-refractivity contribution in [1.29, 1.82) is 0 Å². The summed E-state index contributed by atoms with van der Waals surface area (Å²) in [6.07, 6.45) is 0. The molecule has 2 aromatic rings. The molecule has 108 valence electrons. The van der Waals surface area contributed by atoms with Crippen LogP contribution in [0.4, 0.5) is 0 Å². The van der Waals surface area contributed by atoms with Gasteiger partial charge in [-0.2, -0.15) is 0 Å². The Balaban J connectivity index is 2.53. The van der Waals surface area contributed by atoms with E-state index in [0.29, 0.717) is 5.02 Å². The second-order valence-corrected chi connectivity index (χ2v) is 4.69. The molecule has 4 nitrogen and oxygen atoms in total. The zero-order valence-electron chi connectivity index (χ0n) is 11.6. The van der Waals surface area contributed by atoms with Crippen LogP contribution in [-0.4, -0.2) is 26.2 Å². The SMILES string of the molecule is COC(=O)c1ccc(-c2ccc(Cl)cc2)cc1C(=O)OC. The average Bonchev–Trinajstić information content (AvgIpc) is 2.53. The lowest BCUT2D eigenvalue weighted by Crippen LogP contribution is -2.11. The Hall–Kier alpha value is -2.33. The van der Waals surface area contributed by atoms with Crippen LogP contribution in [0.2, 0.25) is 5.02 Å². The number of esters is 2. The fourth-order valence-corrected chi connectivity index (χ4v) is 2.06. The minimum atomic E-state index is -0.591. The fourth-order valence-electron chi connectivity index (χ4n) is 1.93. The van der Waals surface area contributed by atoms with Crippen molar-refractivity contribution in [2.75, 3.05) is 14.2 Å². The summed E-state index contributed by atoms with van der Waals surface area (Å²) in [6, 6.07) is 12.0. The number of halogens is 1. The van der Waals surface area contributed by atoms with Crippen LogP contribution in [-0.2, 0) is 9.47 Å². The van der Waals surface area contributed by atoms with Crippen molar-refractivity contribution in [2.45, 2.75) is 0 Å². The maximum absolute atomic E-state index is 11.8.